The Hall–Kier alpha value is -1.75. The number of anilines is 1. The van der Waals surface area contributed by atoms with Crippen LogP contribution in [0.25, 0.3) is 0 Å². The summed E-state index contributed by atoms with van der Waals surface area (Å²) in [5.41, 5.74) is 1.86. The number of furan rings is 1. The maximum atomic E-state index is 11.2. The molecular weight excluding hydrogens is 322 g/mol. The third kappa shape index (κ3) is 3.04. The summed E-state index contributed by atoms with van der Waals surface area (Å²) in [6, 6.07) is 6.98. The highest BCUT2D eigenvalue weighted by Gasteiger charge is 2.16. The predicted molar refractivity (Wildman–Crippen MR) is 81.3 cm³/mol. The second-order valence-electron chi connectivity index (χ2n) is 4.73. The maximum absolute atomic E-state index is 11.2. The molecule has 0 fully saturated rings. The van der Waals surface area contributed by atoms with Gasteiger partial charge in [0.15, 0.2) is 0 Å². The van der Waals surface area contributed by atoms with E-state index in [4.69, 9.17) is 4.42 Å². The quantitative estimate of drug-likeness (QED) is 0.860. The SMILES string of the molecule is Cc1cc(C(C)Nc2cc(Br)ccc2C(=O)O)c(C)o1. The predicted octanol–water partition coefficient (Wildman–Crippen LogP) is 4.53. The van der Waals surface area contributed by atoms with Crippen LogP contribution >= 0.6 is 15.9 Å². The summed E-state index contributed by atoms with van der Waals surface area (Å²) in [6.45, 7) is 5.77. The molecule has 2 aromatic rings. The number of hydrogen-bond donors (Lipinski definition) is 2. The van der Waals surface area contributed by atoms with Crippen LogP contribution in [0.5, 0.6) is 0 Å². The monoisotopic (exact) mass is 337 g/mol. The first-order chi connectivity index (χ1) is 9.38. The standard InChI is InChI=1S/C15H16BrNO3/c1-8-6-13(10(3)20-8)9(2)17-14-7-11(16)4-5-12(14)15(18)19/h4-7,9,17H,1-3H3,(H,18,19). The number of benzene rings is 1. The molecule has 5 heteroatoms. The molecule has 1 aromatic carbocycles. The smallest absolute Gasteiger partial charge is 0.337 e. The minimum absolute atomic E-state index is 0.0418. The molecule has 2 N–H and O–H groups in total. The van der Waals surface area contributed by atoms with Crippen molar-refractivity contribution in [3.63, 3.8) is 0 Å². The normalized spacial score (nSPS) is 12.2. The molecule has 0 aliphatic carbocycles. The molecule has 0 saturated heterocycles. The van der Waals surface area contributed by atoms with Crippen LogP contribution in [-0.4, -0.2) is 11.1 Å². The van der Waals surface area contributed by atoms with Crippen molar-refractivity contribution in [1.82, 2.24) is 0 Å². The molecule has 2 rings (SSSR count). The van der Waals surface area contributed by atoms with Gasteiger partial charge in [-0.1, -0.05) is 15.9 Å². The topological polar surface area (TPSA) is 62.5 Å². The van der Waals surface area contributed by atoms with Gasteiger partial charge in [0, 0.05) is 10.0 Å². The van der Waals surface area contributed by atoms with E-state index in [0.717, 1.165) is 21.6 Å². The van der Waals surface area contributed by atoms with Crippen molar-refractivity contribution in [2.45, 2.75) is 26.8 Å². The van der Waals surface area contributed by atoms with Gasteiger partial charge in [0.2, 0.25) is 0 Å². The van der Waals surface area contributed by atoms with Crippen LogP contribution in [0.1, 0.15) is 40.4 Å². The molecule has 0 radical (unpaired) electrons. The molecule has 0 amide bonds. The highest BCUT2D eigenvalue weighted by molar-refractivity contribution is 9.10. The molecule has 1 atom stereocenters. The Kier molecular flexibility index (Phi) is 4.18. The number of aromatic carboxylic acids is 1. The number of carbonyl (C=O) groups is 1. The third-order valence-electron chi connectivity index (χ3n) is 3.13. The van der Waals surface area contributed by atoms with Crippen LogP contribution in [0, 0.1) is 13.8 Å². The lowest BCUT2D eigenvalue weighted by molar-refractivity contribution is 0.0698. The van der Waals surface area contributed by atoms with E-state index in [1.807, 2.05) is 26.8 Å². The Labute approximate surface area is 125 Å². The highest BCUT2D eigenvalue weighted by Crippen LogP contribution is 2.28. The molecule has 0 aliphatic rings. The molecule has 0 saturated carbocycles. The number of nitrogens with one attached hydrogen (secondary N) is 1. The first-order valence-corrected chi connectivity index (χ1v) is 7.04. The second kappa shape index (κ2) is 5.71. The van der Waals surface area contributed by atoms with Gasteiger partial charge in [-0.2, -0.15) is 0 Å². The van der Waals surface area contributed by atoms with Crippen molar-refractivity contribution in [3.8, 4) is 0 Å². The van der Waals surface area contributed by atoms with Crippen molar-refractivity contribution in [2.24, 2.45) is 0 Å². The Morgan fingerprint density at radius 2 is 2.05 bits per heavy atom. The Morgan fingerprint density at radius 1 is 1.35 bits per heavy atom. The Morgan fingerprint density at radius 3 is 2.60 bits per heavy atom. The van der Waals surface area contributed by atoms with E-state index in [1.165, 1.54) is 0 Å². The molecule has 1 aromatic heterocycles. The minimum Gasteiger partial charge on any atom is -0.478 e. The van der Waals surface area contributed by atoms with Crippen LogP contribution in [-0.2, 0) is 0 Å². The van der Waals surface area contributed by atoms with Gasteiger partial charge < -0.3 is 14.8 Å². The number of halogens is 1. The van der Waals surface area contributed by atoms with E-state index in [-0.39, 0.29) is 11.6 Å². The van der Waals surface area contributed by atoms with E-state index < -0.39 is 5.97 Å². The molecular formula is C15H16BrNO3. The zero-order chi connectivity index (χ0) is 14.9. The summed E-state index contributed by atoms with van der Waals surface area (Å²) in [7, 11) is 0. The zero-order valence-electron chi connectivity index (χ0n) is 11.5. The lowest BCUT2D eigenvalue weighted by atomic mass is 10.1. The summed E-state index contributed by atoms with van der Waals surface area (Å²) < 4.78 is 6.34. The van der Waals surface area contributed by atoms with Crippen LogP contribution < -0.4 is 5.32 Å². The molecule has 1 unspecified atom stereocenters. The third-order valence-corrected chi connectivity index (χ3v) is 3.62. The van der Waals surface area contributed by atoms with Crippen LogP contribution in [0.4, 0.5) is 5.69 Å². The van der Waals surface area contributed by atoms with Gasteiger partial charge >= 0.3 is 5.97 Å². The van der Waals surface area contributed by atoms with Gasteiger partial charge in [0.25, 0.3) is 0 Å². The molecule has 0 aliphatic heterocycles. The number of hydrogen-bond acceptors (Lipinski definition) is 3. The van der Waals surface area contributed by atoms with Gasteiger partial charge in [-0.3, -0.25) is 0 Å². The molecule has 4 nitrogen and oxygen atoms in total. The van der Waals surface area contributed by atoms with Gasteiger partial charge in [-0.25, -0.2) is 4.79 Å². The van der Waals surface area contributed by atoms with Gasteiger partial charge in [0.1, 0.15) is 11.5 Å². The van der Waals surface area contributed by atoms with E-state index in [9.17, 15) is 9.90 Å². The molecule has 20 heavy (non-hydrogen) atoms. The average Bonchev–Trinajstić information content (AvgIpc) is 2.68. The van der Waals surface area contributed by atoms with Crippen molar-refractivity contribution in [2.75, 3.05) is 5.32 Å². The zero-order valence-corrected chi connectivity index (χ0v) is 13.1. The van der Waals surface area contributed by atoms with Crippen molar-refractivity contribution >= 4 is 27.6 Å². The summed E-state index contributed by atoms with van der Waals surface area (Å²) in [5.74, 6) is 0.737. The fourth-order valence-electron chi connectivity index (χ4n) is 2.21. The van der Waals surface area contributed by atoms with Gasteiger partial charge in [0.05, 0.1) is 17.3 Å². The molecule has 0 bridgehead atoms. The summed E-state index contributed by atoms with van der Waals surface area (Å²) in [5, 5.41) is 12.5. The number of carboxylic acid groups (broad SMARTS) is 1. The van der Waals surface area contributed by atoms with E-state index >= 15 is 0 Å². The molecule has 1 heterocycles. The minimum atomic E-state index is -0.952. The summed E-state index contributed by atoms with van der Waals surface area (Å²) in [4.78, 5) is 11.2. The van der Waals surface area contributed by atoms with Crippen LogP contribution in [0.2, 0.25) is 0 Å². The summed E-state index contributed by atoms with van der Waals surface area (Å²) >= 11 is 3.36. The molecule has 106 valence electrons. The largest absolute Gasteiger partial charge is 0.478 e. The van der Waals surface area contributed by atoms with Crippen molar-refractivity contribution in [1.29, 1.82) is 0 Å². The fourth-order valence-corrected chi connectivity index (χ4v) is 2.57. The Bertz CT molecular complexity index is 649. The second-order valence-corrected chi connectivity index (χ2v) is 5.65. The number of rotatable bonds is 4. The van der Waals surface area contributed by atoms with E-state index in [1.54, 1.807) is 18.2 Å². The molecule has 0 spiro atoms. The maximum Gasteiger partial charge on any atom is 0.337 e. The number of carboxylic acids is 1. The lowest BCUT2D eigenvalue weighted by Gasteiger charge is -2.16. The van der Waals surface area contributed by atoms with E-state index in [0.29, 0.717) is 5.69 Å². The summed E-state index contributed by atoms with van der Waals surface area (Å²) in [6.07, 6.45) is 0. The van der Waals surface area contributed by atoms with Gasteiger partial charge in [-0.15, -0.1) is 0 Å². The van der Waals surface area contributed by atoms with Crippen molar-refractivity contribution < 1.29 is 14.3 Å². The fraction of sp³-hybridized carbons (Fsp3) is 0.267. The average molecular weight is 338 g/mol. The highest BCUT2D eigenvalue weighted by atomic mass is 79.9. The van der Waals surface area contributed by atoms with Crippen LogP contribution in [0.3, 0.4) is 0 Å². The van der Waals surface area contributed by atoms with Crippen LogP contribution in [0.15, 0.2) is 33.2 Å². The first kappa shape index (κ1) is 14.7. The lowest BCUT2D eigenvalue weighted by Crippen LogP contribution is -2.11. The van der Waals surface area contributed by atoms with E-state index in [2.05, 4.69) is 21.2 Å². The first-order valence-electron chi connectivity index (χ1n) is 6.25. The Balaban J connectivity index is 2.32. The van der Waals surface area contributed by atoms with Crippen molar-refractivity contribution in [3.05, 3.63) is 51.4 Å². The number of aryl methyl sites for hydroxylation is 2. The van der Waals surface area contributed by atoms with Gasteiger partial charge in [-0.05, 0) is 45.0 Å².